The zero-order valence-corrected chi connectivity index (χ0v) is 35.9. The van der Waals surface area contributed by atoms with Gasteiger partial charge in [0.2, 0.25) is 18.1 Å². The third-order valence-corrected chi connectivity index (χ3v) is 10.5. The van der Waals surface area contributed by atoms with E-state index in [0.29, 0.717) is 28.3 Å². The van der Waals surface area contributed by atoms with Crippen molar-refractivity contribution in [2.24, 2.45) is 32.9 Å². The molecular formula is C44H56N10O10. The number of nitrogens with one attached hydrogen (secondary N) is 2. The number of hydrogen-bond donors (Lipinski definition) is 6. The number of piperazine rings is 1. The highest BCUT2D eigenvalue weighted by Gasteiger charge is 2.41. The molecule has 0 bridgehead atoms. The lowest BCUT2D eigenvalue weighted by atomic mass is 9.98. The smallest absolute Gasteiger partial charge is 0.497 e. The van der Waals surface area contributed by atoms with Crippen LogP contribution in [0.2, 0.25) is 0 Å². The first-order chi connectivity index (χ1) is 30.7. The standard InChI is InChI=1S/C44H56N10O10/c1-27(63-44(60)64-34-7-4-3-5-8-34)62-37(55)26-53-23-24-54(36(41(53)59)9-6-22-49-38(56)29-12-16-31(17-13-29)50-42(45)46)40(58)35(25-28-10-20-33(61-2)21-11-28)52-39(57)30-14-18-32(19-15-30)51-43(47)48/h10-21,27,34-36H,3-9,22-26H2,1-2H3,(H,49,56)(H,52,57)(H4,45,46,50)(H4,47,48,51)/t27?,35?,36-/m0/s1. The summed E-state index contributed by atoms with van der Waals surface area (Å²) in [7, 11) is 1.53. The second-order valence-corrected chi connectivity index (χ2v) is 15.3. The van der Waals surface area contributed by atoms with Crippen LogP contribution in [-0.4, -0.2) is 115 Å². The number of aliphatic imine (C=N–C) groups is 2. The zero-order chi connectivity index (χ0) is 46.2. The number of carbonyl (C=O) groups excluding carboxylic acids is 6. The fourth-order valence-electron chi connectivity index (χ4n) is 7.33. The van der Waals surface area contributed by atoms with Crippen LogP contribution < -0.4 is 38.3 Å². The van der Waals surface area contributed by atoms with Gasteiger partial charge in [-0.05, 0) is 105 Å². The van der Waals surface area contributed by atoms with E-state index in [-0.39, 0.29) is 62.5 Å². The van der Waals surface area contributed by atoms with Crippen molar-refractivity contribution in [2.75, 3.05) is 33.3 Å². The monoisotopic (exact) mass is 884 g/mol. The molecule has 1 aliphatic heterocycles. The summed E-state index contributed by atoms with van der Waals surface area (Å²) in [6.07, 6.45) is 2.26. The molecule has 10 N–H and O–H groups in total. The Morgan fingerprint density at radius 2 is 1.38 bits per heavy atom. The first-order valence-corrected chi connectivity index (χ1v) is 21.0. The summed E-state index contributed by atoms with van der Waals surface area (Å²) in [4.78, 5) is 91.7. The lowest BCUT2D eigenvalue weighted by molar-refractivity contribution is -0.173. The summed E-state index contributed by atoms with van der Waals surface area (Å²) in [5, 5.41) is 5.67. The Bertz CT molecular complexity index is 2150. The van der Waals surface area contributed by atoms with Gasteiger partial charge in [0.1, 0.15) is 30.5 Å². The Labute approximate surface area is 370 Å². The molecule has 5 rings (SSSR count). The molecule has 2 aliphatic rings. The number of carbonyl (C=O) groups is 6. The number of ether oxygens (including phenoxy) is 4. The van der Waals surface area contributed by atoms with Gasteiger partial charge in [0.25, 0.3) is 11.8 Å². The molecule has 20 nitrogen and oxygen atoms in total. The number of nitrogens with two attached hydrogens (primary N) is 4. The molecule has 0 spiro atoms. The molecule has 3 atom stereocenters. The molecule has 20 heteroatoms. The average molecular weight is 885 g/mol. The van der Waals surface area contributed by atoms with E-state index >= 15 is 0 Å². The number of amides is 4. The molecule has 1 saturated heterocycles. The number of guanidine groups is 2. The summed E-state index contributed by atoms with van der Waals surface area (Å²) >= 11 is 0. The predicted octanol–water partition coefficient (Wildman–Crippen LogP) is 2.47. The predicted molar refractivity (Wildman–Crippen MR) is 235 cm³/mol. The van der Waals surface area contributed by atoms with E-state index in [1.807, 2.05) is 0 Å². The van der Waals surface area contributed by atoms with Gasteiger partial charge in [-0.3, -0.25) is 24.0 Å². The van der Waals surface area contributed by atoms with Crippen molar-refractivity contribution in [1.82, 2.24) is 20.4 Å². The second kappa shape index (κ2) is 23.2. The molecule has 3 aromatic carbocycles. The van der Waals surface area contributed by atoms with E-state index < -0.39 is 60.7 Å². The van der Waals surface area contributed by atoms with E-state index in [1.54, 1.807) is 60.7 Å². The van der Waals surface area contributed by atoms with Crippen molar-refractivity contribution < 1.29 is 47.7 Å². The van der Waals surface area contributed by atoms with E-state index in [0.717, 1.165) is 32.1 Å². The van der Waals surface area contributed by atoms with E-state index in [2.05, 4.69) is 20.6 Å². The lowest BCUT2D eigenvalue weighted by Crippen LogP contribution is -2.63. The van der Waals surface area contributed by atoms with Crippen LogP contribution in [0.4, 0.5) is 16.2 Å². The Morgan fingerprint density at radius 1 is 0.781 bits per heavy atom. The molecule has 0 aromatic heterocycles. The molecular weight excluding hydrogens is 829 g/mol. The van der Waals surface area contributed by atoms with Crippen molar-refractivity contribution in [3.05, 3.63) is 89.5 Å². The summed E-state index contributed by atoms with van der Waals surface area (Å²) in [6, 6.07) is 17.1. The molecule has 2 unspecified atom stereocenters. The van der Waals surface area contributed by atoms with Gasteiger partial charge in [0.15, 0.2) is 11.9 Å². The highest BCUT2D eigenvalue weighted by Crippen LogP contribution is 2.23. The quantitative estimate of drug-likeness (QED) is 0.0352. The van der Waals surface area contributed by atoms with Crippen molar-refractivity contribution in [3.63, 3.8) is 0 Å². The van der Waals surface area contributed by atoms with Gasteiger partial charge >= 0.3 is 12.1 Å². The molecule has 4 amide bonds. The second-order valence-electron chi connectivity index (χ2n) is 15.3. The van der Waals surface area contributed by atoms with E-state index in [9.17, 15) is 28.8 Å². The van der Waals surface area contributed by atoms with Gasteiger partial charge in [0, 0.05) is 44.1 Å². The molecule has 1 aliphatic carbocycles. The van der Waals surface area contributed by atoms with Gasteiger partial charge < -0.3 is 62.3 Å². The fourth-order valence-corrected chi connectivity index (χ4v) is 7.33. The largest absolute Gasteiger partial charge is 0.511 e. The van der Waals surface area contributed by atoms with Crippen molar-refractivity contribution in [1.29, 1.82) is 0 Å². The van der Waals surface area contributed by atoms with Gasteiger partial charge in [-0.25, -0.2) is 14.8 Å². The lowest BCUT2D eigenvalue weighted by Gasteiger charge is -2.41. The van der Waals surface area contributed by atoms with Gasteiger partial charge in [-0.15, -0.1) is 0 Å². The van der Waals surface area contributed by atoms with Crippen molar-refractivity contribution >= 4 is 59.0 Å². The van der Waals surface area contributed by atoms with E-state index in [4.69, 9.17) is 41.9 Å². The van der Waals surface area contributed by atoms with Crippen molar-refractivity contribution in [2.45, 2.75) is 82.8 Å². The fraction of sp³-hybridized carbons (Fsp3) is 0.409. The van der Waals surface area contributed by atoms with Gasteiger partial charge in [-0.1, -0.05) is 18.6 Å². The maximum absolute atomic E-state index is 14.7. The van der Waals surface area contributed by atoms with Crippen LogP contribution in [0.1, 0.15) is 78.1 Å². The average Bonchev–Trinajstić information content (AvgIpc) is 3.26. The molecule has 1 saturated carbocycles. The molecule has 3 aromatic rings. The summed E-state index contributed by atoms with van der Waals surface area (Å²) in [6.45, 7) is 0.910. The Kier molecular flexibility index (Phi) is 17.3. The van der Waals surface area contributed by atoms with Crippen LogP contribution in [0, 0.1) is 0 Å². The normalized spacial score (nSPS) is 16.0. The Balaban J connectivity index is 1.31. The van der Waals surface area contributed by atoms with Crippen LogP contribution >= 0.6 is 0 Å². The molecule has 1 heterocycles. The third-order valence-electron chi connectivity index (χ3n) is 10.5. The van der Waals surface area contributed by atoms with Gasteiger partial charge in [0.05, 0.1) is 18.5 Å². The van der Waals surface area contributed by atoms with Gasteiger partial charge in [-0.2, -0.15) is 0 Å². The number of esters is 1. The zero-order valence-electron chi connectivity index (χ0n) is 35.9. The van der Waals surface area contributed by atoms with Crippen LogP contribution in [-0.2, 0) is 35.0 Å². The maximum Gasteiger partial charge on any atom is 0.511 e. The van der Waals surface area contributed by atoms with Crippen LogP contribution in [0.3, 0.4) is 0 Å². The topological polar surface area (TPSA) is 299 Å². The molecule has 2 fully saturated rings. The minimum Gasteiger partial charge on any atom is -0.497 e. The first-order valence-electron chi connectivity index (χ1n) is 21.0. The Morgan fingerprint density at radius 3 is 1.95 bits per heavy atom. The minimum absolute atomic E-state index is 0.0149. The molecule has 342 valence electrons. The number of nitrogens with zero attached hydrogens (tertiary/aromatic N) is 4. The van der Waals surface area contributed by atoms with Crippen molar-refractivity contribution in [3.8, 4) is 5.75 Å². The summed E-state index contributed by atoms with van der Waals surface area (Å²) in [5.74, 6) is -2.62. The van der Waals surface area contributed by atoms with Crippen LogP contribution in [0.15, 0.2) is 82.8 Å². The number of rotatable bonds is 18. The number of methoxy groups -OCH3 is 1. The van der Waals surface area contributed by atoms with Crippen LogP contribution in [0.5, 0.6) is 5.75 Å². The summed E-state index contributed by atoms with van der Waals surface area (Å²) < 4.78 is 21.1. The Hall–Kier alpha value is -7.38. The SMILES string of the molecule is COc1ccc(CC(NC(=O)c2ccc(N=C(N)N)cc2)C(=O)N2CCN(CC(=O)OC(C)OC(=O)OC3CCCCC3)C(=O)[C@@H]2CCCNC(=O)c2ccc(N=C(N)N)cc2)cc1. The number of hydrogen-bond acceptors (Lipinski definition) is 12. The highest BCUT2D eigenvalue weighted by molar-refractivity contribution is 5.99. The number of benzene rings is 3. The highest BCUT2D eigenvalue weighted by atomic mass is 16.8. The first kappa shape index (κ1) is 47.7. The maximum atomic E-state index is 14.7. The molecule has 0 radical (unpaired) electrons. The van der Waals surface area contributed by atoms with Crippen LogP contribution in [0.25, 0.3) is 0 Å². The van der Waals surface area contributed by atoms with E-state index in [1.165, 1.54) is 36.0 Å². The summed E-state index contributed by atoms with van der Waals surface area (Å²) in [5.41, 5.74) is 24.0. The molecule has 64 heavy (non-hydrogen) atoms. The third kappa shape index (κ3) is 14.3. The minimum atomic E-state index is -1.30.